The molecule has 1 aromatic heterocycles. The van der Waals surface area contributed by atoms with E-state index in [-0.39, 0.29) is 11.5 Å². The number of aryl methyl sites for hydroxylation is 1. The predicted molar refractivity (Wildman–Crippen MR) is 59.2 cm³/mol. The third-order valence-corrected chi connectivity index (χ3v) is 3.03. The number of halogens is 1. The summed E-state index contributed by atoms with van der Waals surface area (Å²) in [5.41, 5.74) is 1.49. The minimum Gasteiger partial charge on any atom is -0.476 e. The summed E-state index contributed by atoms with van der Waals surface area (Å²) < 4.78 is 13.1. The minimum atomic E-state index is -1.07. The van der Waals surface area contributed by atoms with Gasteiger partial charge in [0.1, 0.15) is 10.8 Å². The zero-order valence-electron chi connectivity index (χ0n) is 8.40. The van der Waals surface area contributed by atoms with Crippen LogP contribution in [0.1, 0.15) is 16.1 Å². The molecule has 0 saturated carbocycles. The fraction of sp³-hybridized carbons (Fsp3) is 0.0909. The maximum Gasteiger partial charge on any atom is 0.355 e. The van der Waals surface area contributed by atoms with Crippen LogP contribution in [0.4, 0.5) is 4.39 Å². The van der Waals surface area contributed by atoms with Crippen LogP contribution < -0.4 is 0 Å². The summed E-state index contributed by atoms with van der Waals surface area (Å²) in [5, 5.41) is 10.7. The van der Waals surface area contributed by atoms with Gasteiger partial charge in [0.05, 0.1) is 0 Å². The van der Waals surface area contributed by atoms with Crippen molar-refractivity contribution in [1.82, 2.24) is 4.98 Å². The highest BCUT2D eigenvalue weighted by atomic mass is 32.1. The van der Waals surface area contributed by atoms with E-state index in [1.807, 2.05) is 6.92 Å². The van der Waals surface area contributed by atoms with E-state index in [9.17, 15) is 9.18 Å². The van der Waals surface area contributed by atoms with Gasteiger partial charge in [-0.1, -0.05) is 6.07 Å². The van der Waals surface area contributed by atoms with Crippen molar-refractivity contribution in [2.24, 2.45) is 0 Å². The normalized spacial score (nSPS) is 10.4. The number of hydrogen-bond acceptors (Lipinski definition) is 3. The van der Waals surface area contributed by atoms with Gasteiger partial charge in [-0.3, -0.25) is 0 Å². The van der Waals surface area contributed by atoms with E-state index in [2.05, 4.69) is 4.98 Å². The molecular weight excluding hydrogens is 229 g/mol. The molecule has 0 atom stereocenters. The van der Waals surface area contributed by atoms with E-state index >= 15 is 0 Å². The number of nitrogens with zero attached hydrogens (tertiary/aromatic N) is 1. The average molecular weight is 237 g/mol. The molecule has 0 radical (unpaired) electrons. The molecule has 16 heavy (non-hydrogen) atoms. The van der Waals surface area contributed by atoms with Gasteiger partial charge in [0.25, 0.3) is 0 Å². The Morgan fingerprint density at radius 2 is 2.25 bits per heavy atom. The van der Waals surface area contributed by atoms with Crippen molar-refractivity contribution in [3.8, 4) is 10.6 Å². The van der Waals surface area contributed by atoms with Crippen LogP contribution in [0.2, 0.25) is 0 Å². The lowest BCUT2D eigenvalue weighted by Crippen LogP contribution is -1.96. The average Bonchev–Trinajstić information content (AvgIpc) is 2.70. The van der Waals surface area contributed by atoms with Crippen LogP contribution in [-0.4, -0.2) is 16.1 Å². The number of carboxylic acids is 1. The number of benzene rings is 1. The Morgan fingerprint density at radius 3 is 2.88 bits per heavy atom. The molecule has 3 nitrogen and oxygen atoms in total. The highest BCUT2D eigenvalue weighted by molar-refractivity contribution is 7.13. The molecular formula is C11H8FNO2S. The second-order valence-electron chi connectivity index (χ2n) is 3.30. The lowest BCUT2D eigenvalue weighted by Gasteiger charge is -2.01. The Bertz CT molecular complexity index is 551. The first kappa shape index (κ1) is 10.8. The summed E-state index contributed by atoms with van der Waals surface area (Å²) in [6.45, 7) is 1.83. The highest BCUT2D eigenvalue weighted by Gasteiger charge is 2.12. The molecule has 5 heteroatoms. The number of carboxylic acid groups (broad SMARTS) is 1. The second-order valence-corrected chi connectivity index (χ2v) is 4.16. The highest BCUT2D eigenvalue weighted by Crippen LogP contribution is 2.27. The Kier molecular flexibility index (Phi) is 2.70. The van der Waals surface area contributed by atoms with Crippen LogP contribution in [-0.2, 0) is 0 Å². The van der Waals surface area contributed by atoms with Gasteiger partial charge >= 0.3 is 5.97 Å². The van der Waals surface area contributed by atoms with Crippen molar-refractivity contribution >= 4 is 17.3 Å². The molecule has 0 bridgehead atoms. The molecule has 0 amide bonds. The van der Waals surface area contributed by atoms with E-state index in [0.717, 1.165) is 5.56 Å². The Balaban J connectivity index is 2.50. The van der Waals surface area contributed by atoms with Gasteiger partial charge in [-0.2, -0.15) is 0 Å². The zero-order valence-corrected chi connectivity index (χ0v) is 9.21. The van der Waals surface area contributed by atoms with E-state index in [1.54, 1.807) is 6.07 Å². The molecule has 2 aromatic rings. The van der Waals surface area contributed by atoms with Crippen molar-refractivity contribution in [2.75, 3.05) is 0 Å². The number of hydrogen-bond donors (Lipinski definition) is 1. The van der Waals surface area contributed by atoms with Crippen LogP contribution in [0, 0.1) is 12.7 Å². The summed E-state index contributed by atoms with van der Waals surface area (Å²) >= 11 is 1.20. The van der Waals surface area contributed by atoms with Gasteiger partial charge in [-0.15, -0.1) is 11.3 Å². The summed E-state index contributed by atoms with van der Waals surface area (Å²) in [6, 6.07) is 4.37. The zero-order chi connectivity index (χ0) is 11.7. The van der Waals surface area contributed by atoms with E-state index in [4.69, 9.17) is 5.11 Å². The molecule has 0 aliphatic carbocycles. The fourth-order valence-corrected chi connectivity index (χ4v) is 2.20. The topological polar surface area (TPSA) is 50.2 Å². The van der Waals surface area contributed by atoms with E-state index < -0.39 is 5.97 Å². The van der Waals surface area contributed by atoms with E-state index in [1.165, 1.54) is 28.8 Å². The molecule has 0 saturated heterocycles. The molecule has 0 fully saturated rings. The minimum absolute atomic E-state index is 0.0105. The van der Waals surface area contributed by atoms with Crippen molar-refractivity contribution in [3.05, 3.63) is 40.7 Å². The quantitative estimate of drug-likeness (QED) is 0.873. The molecule has 0 unspecified atom stereocenters. The first-order valence-corrected chi connectivity index (χ1v) is 5.41. The van der Waals surface area contributed by atoms with Gasteiger partial charge < -0.3 is 5.11 Å². The first-order chi connectivity index (χ1) is 7.58. The van der Waals surface area contributed by atoms with Crippen LogP contribution in [0.5, 0.6) is 0 Å². The second kappa shape index (κ2) is 4.02. The van der Waals surface area contributed by atoms with E-state index in [0.29, 0.717) is 10.6 Å². The lowest BCUT2D eigenvalue weighted by molar-refractivity contribution is 0.0691. The van der Waals surface area contributed by atoms with Crippen LogP contribution in [0.15, 0.2) is 23.6 Å². The van der Waals surface area contributed by atoms with Gasteiger partial charge in [-0.05, 0) is 24.6 Å². The SMILES string of the molecule is Cc1ccc(F)cc1-c1nc(C(=O)O)cs1. The largest absolute Gasteiger partial charge is 0.476 e. The van der Waals surface area contributed by atoms with Gasteiger partial charge in [-0.25, -0.2) is 14.2 Å². The fourth-order valence-electron chi connectivity index (χ4n) is 1.32. The standard InChI is InChI=1S/C11H8FNO2S/c1-6-2-3-7(12)4-8(6)10-13-9(5-16-10)11(14)15/h2-5H,1H3,(H,14,15). The monoisotopic (exact) mass is 237 g/mol. The van der Waals surface area contributed by atoms with Gasteiger partial charge in [0, 0.05) is 10.9 Å². The van der Waals surface area contributed by atoms with Crippen LogP contribution in [0.3, 0.4) is 0 Å². The number of aromatic nitrogens is 1. The van der Waals surface area contributed by atoms with Gasteiger partial charge in [0.15, 0.2) is 5.69 Å². The van der Waals surface area contributed by atoms with Crippen molar-refractivity contribution in [2.45, 2.75) is 6.92 Å². The molecule has 2 rings (SSSR count). The molecule has 0 spiro atoms. The van der Waals surface area contributed by atoms with Crippen molar-refractivity contribution < 1.29 is 14.3 Å². The molecule has 0 aliphatic heterocycles. The lowest BCUT2D eigenvalue weighted by atomic mass is 10.1. The molecule has 0 aliphatic rings. The molecule has 1 heterocycles. The maximum atomic E-state index is 13.1. The Morgan fingerprint density at radius 1 is 1.50 bits per heavy atom. The van der Waals surface area contributed by atoms with Crippen molar-refractivity contribution in [1.29, 1.82) is 0 Å². The predicted octanol–water partition coefficient (Wildman–Crippen LogP) is 2.96. The number of aromatic carboxylic acids is 1. The third-order valence-electron chi connectivity index (χ3n) is 2.15. The summed E-state index contributed by atoms with van der Waals surface area (Å²) in [4.78, 5) is 14.6. The molecule has 1 N–H and O–H groups in total. The Hall–Kier alpha value is -1.75. The number of thiazole rings is 1. The van der Waals surface area contributed by atoms with Crippen LogP contribution >= 0.6 is 11.3 Å². The summed E-state index contributed by atoms with van der Waals surface area (Å²) in [5.74, 6) is -1.43. The Labute approximate surface area is 95.2 Å². The maximum absolute atomic E-state index is 13.1. The smallest absolute Gasteiger partial charge is 0.355 e. The molecule has 1 aromatic carbocycles. The summed E-state index contributed by atoms with van der Waals surface area (Å²) in [6.07, 6.45) is 0. The number of carbonyl (C=O) groups is 1. The van der Waals surface area contributed by atoms with Crippen molar-refractivity contribution in [3.63, 3.8) is 0 Å². The summed E-state index contributed by atoms with van der Waals surface area (Å²) in [7, 11) is 0. The third kappa shape index (κ3) is 1.94. The number of rotatable bonds is 2. The van der Waals surface area contributed by atoms with Gasteiger partial charge in [0.2, 0.25) is 0 Å². The first-order valence-electron chi connectivity index (χ1n) is 4.53. The van der Waals surface area contributed by atoms with Crippen LogP contribution in [0.25, 0.3) is 10.6 Å². The molecule has 82 valence electrons.